The molecule has 0 aromatic heterocycles. The summed E-state index contributed by atoms with van der Waals surface area (Å²) >= 11 is 2.25. The summed E-state index contributed by atoms with van der Waals surface area (Å²) in [6, 6.07) is 8.90. The predicted octanol–water partition coefficient (Wildman–Crippen LogP) is 4.26. The van der Waals surface area contributed by atoms with Crippen LogP contribution in [0, 0.1) is 0 Å². The first kappa shape index (κ1) is 13.9. The molecule has 1 aromatic rings. The second-order valence-electron chi connectivity index (χ2n) is 4.64. The third kappa shape index (κ3) is 5.24. The van der Waals surface area contributed by atoms with Crippen LogP contribution in [0.25, 0.3) is 0 Å². The summed E-state index contributed by atoms with van der Waals surface area (Å²) in [6.45, 7) is 2.28. The second-order valence-corrected chi connectivity index (χ2v) is 4.64. The Labute approximate surface area is 110 Å². The molecule has 0 atom stereocenters. The zero-order valence-corrected chi connectivity index (χ0v) is 11.0. The molecule has 0 radical (unpaired) electrons. The van der Waals surface area contributed by atoms with Gasteiger partial charge >= 0.3 is 110 Å². The molecule has 1 aromatic carbocycles. The molecule has 0 saturated heterocycles. The fourth-order valence-corrected chi connectivity index (χ4v) is 2.24. The SMILES string of the molecule is [Li][CH2]c1ccccc1CCCCCCCC. The standard InChI is InChI=1S/C15H23.Li/c1-3-4-5-6-7-8-12-15-13-10-9-11-14(15)2;/h9-11,13H,2-8,12H2,1H3;. The Balaban J connectivity index is 2.21. The minimum atomic E-state index is 1.17. The molecule has 16 heavy (non-hydrogen) atoms. The Hall–Kier alpha value is -0.183. The van der Waals surface area contributed by atoms with Gasteiger partial charge in [0.05, 0.1) is 0 Å². The Morgan fingerprint density at radius 2 is 1.50 bits per heavy atom. The maximum absolute atomic E-state index is 2.30. The van der Waals surface area contributed by atoms with Crippen LogP contribution in [0.2, 0.25) is 0 Å². The zero-order valence-electron chi connectivity index (χ0n) is 11.0. The zero-order chi connectivity index (χ0) is 11.6. The van der Waals surface area contributed by atoms with E-state index < -0.39 is 0 Å². The van der Waals surface area contributed by atoms with Crippen LogP contribution in [0.4, 0.5) is 0 Å². The van der Waals surface area contributed by atoms with Crippen LogP contribution in [0.3, 0.4) is 0 Å². The monoisotopic (exact) mass is 210 g/mol. The number of unbranched alkanes of at least 4 members (excludes halogenated alkanes) is 5. The Kier molecular flexibility index (Phi) is 7.73. The molecule has 84 valence electrons. The van der Waals surface area contributed by atoms with E-state index in [9.17, 15) is 0 Å². The number of hydrogen-bond donors (Lipinski definition) is 0. The molecule has 1 rings (SSSR count). The van der Waals surface area contributed by atoms with Gasteiger partial charge in [-0.15, -0.1) is 0 Å². The van der Waals surface area contributed by atoms with E-state index in [1.807, 2.05) is 0 Å². The van der Waals surface area contributed by atoms with Crippen molar-refractivity contribution in [3.8, 4) is 0 Å². The molecule has 0 aliphatic heterocycles. The van der Waals surface area contributed by atoms with Crippen LogP contribution in [0.1, 0.15) is 56.6 Å². The summed E-state index contributed by atoms with van der Waals surface area (Å²) in [4.78, 5) is 0. The number of aryl methyl sites for hydroxylation is 1. The fraction of sp³-hybridized carbons (Fsp3) is 0.600. The first-order valence-electron chi connectivity index (χ1n) is 6.95. The van der Waals surface area contributed by atoms with Gasteiger partial charge in [0, 0.05) is 0 Å². The quantitative estimate of drug-likeness (QED) is 0.444. The summed E-state index contributed by atoms with van der Waals surface area (Å²) in [5.41, 5.74) is 3.11. The summed E-state index contributed by atoms with van der Waals surface area (Å²) in [5.74, 6) is 0. The topological polar surface area (TPSA) is 0 Å². The van der Waals surface area contributed by atoms with Gasteiger partial charge in [0.25, 0.3) is 0 Å². The van der Waals surface area contributed by atoms with Crippen LogP contribution < -0.4 is 0 Å². The van der Waals surface area contributed by atoms with E-state index in [0.717, 1.165) is 0 Å². The van der Waals surface area contributed by atoms with Gasteiger partial charge in [0.1, 0.15) is 0 Å². The summed E-state index contributed by atoms with van der Waals surface area (Å²) in [7, 11) is 0. The van der Waals surface area contributed by atoms with Crippen molar-refractivity contribution in [2.75, 3.05) is 0 Å². The van der Waals surface area contributed by atoms with E-state index in [0.29, 0.717) is 0 Å². The third-order valence-electron chi connectivity index (χ3n) is 3.30. The van der Waals surface area contributed by atoms with Crippen LogP contribution in [0.15, 0.2) is 24.3 Å². The molecule has 0 spiro atoms. The van der Waals surface area contributed by atoms with Crippen LogP contribution >= 0.6 is 0 Å². The molecule has 0 bridgehead atoms. The van der Waals surface area contributed by atoms with Gasteiger partial charge in [-0.1, -0.05) is 0 Å². The van der Waals surface area contributed by atoms with Gasteiger partial charge in [0.2, 0.25) is 0 Å². The van der Waals surface area contributed by atoms with Crippen LogP contribution in [0.5, 0.6) is 0 Å². The molecule has 0 fully saturated rings. The molecule has 0 amide bonds. The van der Waals surface area contributed by atoms with Gasteiger partial charge in [-0.05, 0) is 0 Å². The normalized spacial score (nSPS) is 10.7. The van der Waals surface area contributed by atoms with E-state index in [1.54, 1.807) is 5.56 Å². The summed E-state index contributed by atoms with van der Waals surface area (Å²) in [5, 5.41) is 1.17. The molecule has 0 aliphatic rings. The van der Waals surface area contributed by atoms with Gasteiger partial charge in [-0.3, -0.25) is 0 Å². The molecule has 1 heteroatoms. The first-order valence-corrected chi connectivity index (χ1v) is 6.95. The molecule has 0 heterocycles. The molecular weight excluding hydrogens is 187 g/mol. The average molecular weight is 210 g/mol. The van der Waals surface area contributed by atoms with Gasteiger partial charge in [-0.2, -0.15) is 0 Å². The van der Waals surface area contributed by atoms with Gasteiger partial charge < -0.3 is 0 Å². The van der Waals surface area contributed by atoms with Crippen LogP contribution in [-0.4, -0.2) is 17.7 Å². The van der Waals surface area contributed by atoms with Crippen molar-refractivity contribution in [3.63, 3.8) is 0 Å². The fourth-order valence-electron chi connectivity index (χ4n) is 2.24. The second kappa shape index (κ2) is 8.91. The van der Waals surface area contributed by atoms with E-state index in [-0.39, 0.29) is 0 Å². The first-order chi connectivity index (χ1) is 7.88. The molecular formula is C15H23Li. The third-order valence-corrected chi connectivity index (χ3v) is 3.30. The van der Waals surface area contributed by atoms with Crippen LogP contribution in [-0.2, 0) is 11.5 Å². The number of rotatable bonds is 8. The molecule has 0 N–H and O–H groups in total. The Morgan fingerprint density at radius 1 is 0.875 bits per heavy atom. The van der Waals surface area contributed by atoms with Crippen molar-refractivity contribution in [1.29, 1.82) is 0 Å². The van der Waals surface area contributed by atoms with E-state index >= 15 is 0 Å². The van der Waals surface area contributed by atoms with E-state index in [1.165, 1.54) is 55.6 Å². The Bertz CT molecular complexity index is 281. The van der Waals surface area contributed by atoms with Gasteiger partial charge in [-0.25, -0.2) is 0 Å². The molecule has 0 nitrogen and oxygen atoms in total. The number of hydrogen-bond acceptors (Lipinski definition) is 0. The van der Waals surface area contributed by atoms with Crippen molar-refractivity contribution in [1.82, 2.24) is 0 Å². The predicted molar refractivity (Wildman–Crippen MR) is 73.0 cm³/mol. The van der Waals surface area contributed by atoms with Crippen molar-refractivity contribution in [2.45, 2.75) is 57.0 Å². The summed E-state index contributed by atoms with van der Waals surface area (Å²) in [6.07, 6.45) is 9.63. The van der Waals surface area contributed by atoms with E-state index in [4.69, 9.17) is 0 Å². The Morgan fingerprint density at radius 3 is 2.19 bits per heavy atom. The summed E-state index contributed by atoms with van der Waals surface area (Å²) < 4.78 is 0. The molecule has 0 saturated carbocycles. The maximum atomic E-state index is 2.30. The van der Waals surface area contributed by atoms with Crippen molar-refractivity contribution in [3.05, 3.63) is 35.4 Å². The van der Waals surface area contributed by atoms with Crippen molar-refractivity contribution < 1.29 is 0 Å². The van der Waals surface area contributed by atoms with E-state index in [2.05, 4.69) is 48.9 Å². The van der Waals surface area contributed by atoms with Gasteiger partial charge in [0.15, 0.2) is 0 Å². The van der Waals surface area contributed by atoms with Crippen molar-refractivity contribution in [2.24, 2.45) is 0 Å². The van der Waals surface area contributed by atoms with Crippen molar-refractivity contribution >= 4 is 17.7 Å². The number of benzene rings is 1. The average Bonchev–Trinajstić information content (AvgIpc) is 2.34. The minimum absolute atomic E-state index is 1.17. The molecule has 0 unspecified atom stereocenters. The molecule has 0 aliphatic carbocycles.